The van der Waals surface area contributed by atoms with Crippen molar-refractivity contribution in [1.29, 1.82) is 0 Å². The Bertz CT molecular complexity index is 456. The van der Waals surface area contributed by atoms with Crippen LogP contribution in [0.5, 0.6) is 5.75 Å². The second-order valence-electron chi connectivity index (χ2n) is 6.09. The topological polar surface area (TPSA) is 35.9 Å². The zero-order valence-corrected chi connectivity index (χ0v) is 12.3. The summed E-state index contributed by atoms with van der Waals surface area (Å²) in [6.07, 6.45) is 1.89. The van der Waals surface area contributed by atoms with Gasteiger partial charge in [0.25, 0.3) is 0 Å². The molecule has 2 unspecified atom stereocenters. The van der Waals surface area contributed by atoms with Crippen LogP contribution in [0.4, 0.5) is 0 Å². The molecule has 1 aromatic rings. The highest BCUT2D eigenvalue weighted by Gasteiger charge is 2.35. The van der Waals surface area contributed by atoms with Crippen LogP contribution in [0.15, 0.2) is 24.3 Å². The van der Waals surface area contributed by atoms with Crippen molar-refractivity contribution in [3.05, 3.63) is 29.8 Å². The Kier molecular flexibility index (Phi) is 3.96. The van der Waals surface area contributed by atoms with Gasteiger partial charge in [-0.15, -0.1) is 0 Å². The fourth-order valence-electron chi connectivity index (χ4n) is 3.37. The maximum Gasteiger partial charge on any atom is 0.125 e. The summed E-state index contributed by atoms with van der Waals surface area (Å²) in [7, 11) is 4.30. The maximum absolute atomic E-state index is 10.6. The third-order valence-electron chi connectivity index (χ3n) is 4.71. The molecule has 0 bridgehead atoms. The van der Waals surface area contributed by atoms with Gasteiger partial charge in [0.2, 0.25) is 0 Å². The van der Waals surface area contributed by atoms with Crippen molar-refractivity contribution in [3.63, 3.8) is 0 Å². The van der Waals surface area contributed by atoms with Gasteiger partial charge in [-0.3, -0.25) is 4.90 Å². The molecule has 2 atom stereocenters. The van der Waals surface area contributed by atoms with Crippen molar-refractivity contribution >= 4 is 0 Å². The number of rotatable bonds is 2. The van der Waals surface area contributed by atoms with E-state index in [0.717, 1.165) is 37.2 Å². The van der Waals surface area contributed by atoms with Gasteiger partial charge in [0.15, 0.2) is 0 Å². The van der Waals surface area contributed by atoms with Crippen LogP contribution < -0.4 is 4.74 Å². The summed E-state index contributed by atoms with van der Waals surface area (Å²) < 4.78 is 5.82. The lowest BCUT2D eigenvalue weighted by molar-refractivity contribution is -0.0134. The molecule has 0 aromatic heterocycles. The lowest BCUT2D eigenvalue weighted by Gasteiger charge is -2.42. The minimum absolute atomic E-state index is 0.0908. The Labute approximate surface area is 120 Å². The number of fused-ring (bicyclic) bond motifs is 1. The molecule has 2 aliphatic heterocycles. The standard InChI is InChI=1S/C16H24N2O2/c1-17(2)12-7-9-18(10-8-12)14-11-20-15-6-4-3-5-13(15)16(14)19/h3-6,12,14,16,19H,7-11H2,1-2H3. The molecule has 20 heavy (non-hydrogen) atoms. The number of benzene rings is 1. The minimum atomic E-state index is -0.434. The van der Waals surface area contributed by atoms with Crippen molar-refractivity contribution in [2.45, 2.75) is 31.0 Å². The molecule has 2 heterocycles. The van der Waals surface area contributed by atoms with Crippen LogP contribution in [-0.4, -0.2) is 60.8 Å². The molecular formula is C16H24N2O2. The summed E-state index contributed by atoms with van der Waals surface area (Å²) in [6.45, 7) is 2.66. The highest BCUT2D eigenvalue weighted by Crippen LogP contribution is 2.34. The predicted octanol–water partition coefficient (Wildman–Crippen LogP) is 1.51. The summed E-state index contributed by atoms with van der Waals surface area (Å²) >= 11 is 0. The normalized spacial score (nSPS) is 28.2. The van der Waals surface area contributed by atoms with Crippen LogP contribution in [0.3, 0.4) is 0 Å². The first-order valence-corrected chi connectivity index (χ1v) is 7.47. The zero-order chi connectivity index (χ0) is 14.1. The average Bonchev–Trinajstić information content (AvgIpc) is 2.48. The van der Waals surface area contributed by atoms with Crippen LogP contribution in [-0.2, 0) is 0 Å². The van der Waals surface area contributed by atoms with Crippen molar-refractivity contribution in [3.8, 4) is 5.75 Å². The van der Waals surface area contributed by atoms with Crippen molar-refractivity contribution in [2.75, 3.05) is 33.8 Å². The monoisotopic (exact) mass is 276 g/mol. The largest absolute Gasteiger partial charge is 0.491 e. The fourth-order valence-corrected chi connectivity index (χ4v) is 3.37. The smallest absolute Gasteiger partial charge is 0.125 e. The molecule has 110 valence electrons. The zero-order valence-electron chi connectivity index (χ0n) is 12.3. The molecule has 0 spiro atoms. The highest BCUT2D eigenvalue weighted by atomic mass is 16.5. The van der Waals surface area contributed by atoms with Gasteiger partial charge in [0.1, 0.15) is 18.5 Å². The Balaban J connectivity index is 1.68. The molecule has 1 aromatic carbocycles. The first-order valence-electron chi connectivity index (χ1n) is 7.47. The number of nitrogens with zero attached hydrogens (tertiary/aromatic N) is 2. The van der Waals surface area contributed by atoms with Gasteiger partial charge in [-0.2, -0.15) is 0 Å². The van der Waals surface area contributed by atoms with E-state index in [9.17, 15) is 5.11 Å². The summed E-state index contributed by atoms with van der Waals surface area (Å²) in [5, 5.41) is 10.6. The van der Waals surface area contributed by atoms with Crippen molar-refractivity contribution < 1.29 is 9.84 Å². The molecule has 1 N–H and O–H groups in total. The van der Waals surface area contributed by atoms with Crippen molar-refractivity contribution in [2.24, 2.45) is 0 Å². The SMILES string of the molecule is CN(C)C1CCN(C2COc3ccccc3C2O)CC1. The van der Waals surface area contributed by atoms with Gasteiger partial charge in [-0.05, 0) is 33.0 Å². The summed E-state index contributed by atoms with van der Waals surface area (Å²) in [5.41, 5.74) is 0.929. The van der Waals surface area contributed by atoms with E-state index in [4.69, 9.17) is 4.74 Å². The molecule has 3 rings (SSSR count). The summed E-state index contributed by atoms with van der Waals surface area (Å²) in [6, 6.07) is 8.58. The van der Waals surface area contributed by atoms with Crippen LogP contribution in [0.2, 0.25) is 0 Å². The molecule has 0 amide bonds. The van der Waals surface area contributed by atoms with E-state index < -0.39 is 6.10 Å². The Morgan fingerprint density at radius 3 is 2.60 bits per heavy atom. The lowest BCUT2D eigenvalue weighted by atomic mass is 9.95. The van der Waals surface area contributed by atoms with Gasteiger partial charge < -0.3 is 14.7 Å². The molecule has 0 radical (unpaired) electrons. The lowest BCUT2D eigenvalue weighted by Crippen LogP contribution is -2.51. The Hall–Kier alpha value is -1.10. The van der Waals surface area contributed by atoms with Gasteiger partial charge in [0.05, 0.1) is 6.04 Å². The molecule has 4 nitrogen and oxygen atoms in total. The van der Waals surface area contributed by atoms with Gasteiger partial charge in [-0.25, -0.2) is 0 Å². The molecule has 2 aliphatic rings. The van der Waals surface area contributed by atoms with E-state index in [-0.39, 0.29) is 6.04 Å². The second kappa shape index (κ2) is 5.72. The van der Waals surface area contributed by atoms with E-state index in [2.05, 4.69) is 23.9 Å². The third kappa shape index (κ3) is 2.55. The molecular weight excluding hydrogens is 252 g/mol. The maximum atomic E-state index is 10.6. The molecule has 0 saturated carbocycles. The van der Waals surface area contributed by atoms with Crippen LogP contribution in [0.25, 0.3) is 0 Å². The number of hydrogen-bond donors (Lipinski definition) is 1. The van der Waals surface area contributed by atoms with E-state index in [1.807, 2.05) is 24.3 Å². The van der Waals surface area contributed by atoms with E-state index >= 15 is 0 Å². The summed E-state index contributed by atoms with van der Waals surface area (Å²) in [5.74, 6) is 0.833. The fraction of sp³-hybridized carbons (Fsp3) is 0.625. The van der Waals surface area contributed by atoms with E-state index in [0.29, 0.717) is 12.6 Å². The quantitative estimate of drug-likeness (QED) is 0.888. The number of aliphatic hydroxyl groups excluding tert-OH is 1. The predicted molar refractivity (Wildman–Crippen MR) is 79.0 cm³/mol. The highest BCUT2D eigenvalue weighted by molar-refractivity contribution is 5.37. The number of ether oxygens (including phenoxy) is 1. The minimum Gasteiger partial charge on any atom is -0.491 e. The Morgan fingerprint density at radius 2 is 1.90 bits per heavy atom. The average molecular weight is 276 g/mol. The number of likely N-dealkylation sites (tertiary alicyclic amines) is 1. The van der Waals surface area contributed by atoms with E-state index in [1.54, 1.807) is 0 Å². The number of aliphatic hydroxyl groups is 1. The molecule has 0 aliphatic carbocycles. The van der Waals surface area contributed by atoms with Crippen LogP contribution >= 0.6 is 0 Å². The van der Waals surface area contributed by atoms with E-state index in [1.165, 1.54) is 0 Å². The summed E-state index contributed by atoms with van der Waals surface area (Å²) in [4.78, 5) is 4.70. The van der Waals surface area contributed by atoms with Gasteiger partial charge >= 0.3 is 0 Å². The number of hydrogen-bond acceptors (Lipinski definition) is 4. The number of piperidine rings is 1. The van der Waals surface area contributed by atoms with Gasteiger partial charge in [-0.1, -0.05) is 18.2 Å². The van der Waals surface area contributed by atoms with Gasteiger partial charge in [0, 0.05) is 24.7 Å². The third-order valence-corrected chi connectivity index (χ3v) is 4.71. The van der Waals surface area contributed by atoms with Crippen molar-refractivity contribution in [1.82, 2.24) is 9.80 Å². The second-order valence-corrected chi connectivity index (χ2v) is 6.09. The molecule has 1 fully saturated rings. The molecule has 4 heteroatoms. The molecule has 1 saturated heterocycles. The Morgan fingerprint density at radius 1 is 1.20 bits per heavy atom. The van der Waals surface area contributed by atoms with Crippen LogP contribution in [0.1, 0.15) is 24.5 Å². The first-order chi connectivity index (χ1) is 9.66. The van der Waals surface area contributed by atoms with Crippen LogP contribution in [0, 0.1) is 0 Å². The first kappa shape index (κ1) is 13.9. The number of para-hydroxylation sites is 1.